The van der Waals surface area contributed by atoms with Crippen LogP contribution in [0.3, 0.4) is 0 Å². The second kappa shape index (κ2) is 5.06. The van der Waals surface area contributed by atoms with Crippen LogP contribution in [0.2, 0.25) is 0 Å². The lowest BCUT2D eigenvalue weighted by molar-refractivity contribution is -0.171. The molecule has 0 unspecified atom stereocenters. The zero-order valence-electron chi connectivity index (χ0n) is 11.3. The van der Waals surface area contributed by atoms with Gasteiger partial charge >= 0.3 is 5.97 Å². The molecule has 8 heteroatoms. The summed E-state index contributed by atoms with van der Waals surface area (Å²) >= 11 is 0. The van der Waals surface area contributed by atoms with Gasteiger partial charge in [0.05, 0.1) is 11.1 Å². The van der Waals surface area contributed by atoms with Gasteiger partial charge in [-0.25, -0.2) is 4.79 Å². The van der Waals surface area contributed by atoms with E-state index in [0.717, 1.165) is 4.90 Å². The van der Waals surface area contributed by atoms with Crippen LogP contribution in [0.4, 0.5) is 0 Å². The van der Waals surface area contributed by atoms with Crippen molar-refractivity contribution in [3.8, 4) is 0 Å². The predicted octanol–water partition coefficient (Wildman–Crippen LogP) is -0.110. The number of hydrogen-bond acceptors (Lipinski definition) is 6. The van der Waals surface area contributed by atoms with Crippen molar-refractivity contribution in [2.75, 3.05) is 6.54 Å². The summed E-state index contributed by atoms with van der Waals surface area (Å²) in [6.45, 7) is -0.620. The monoisotopic (exact) mass is 302 g/mol. The summed E-state index contributed by atoms with van der Waals surface area (Å²) in [5, 5.41) is 0.345. The van der Waals surface area contributed by atoms with Gasteiger partial charge in [0.1, 0.15) is 6.54 Å². The number of rotatable bonds is 3. The van der Waals surface area contributed by atoms with E-state index in [1.54, 1.807) is 12.1 Å². The Morgan fingerprint density at radius 3 is 1.95 bits per heavy atom. The van der Waals surface area contributed by atoms with E-state index in [2.05, 4.69) is 0 Å². The number of hydrogen-bond donors (Lipinski definition) is 0. The first-order chi connectivity index (χ1) is 10.5. The molecule has 0 atom stereocenters. The fourth-order valence-electron chi connectivity index (χ4n) is 2.31. The van der Waals surface area contributed by atoms with Crippen molar-refractivity contribution >= 4 is 29.6 Å². The molecular formula is C14H10N2O6. The molecule has 2 heterocycles. The number of imide groups is 2. The number of hydroxylamine groups is 2. The zero-order chi connectivity index (χ0) is 15.9. The first-order valence-electron chi connectivity index (χ1n) is 6.51. The summed E-state index contributed by atoms with van der Waals surface area (Å²) < 4.78 is 0. The minimum atomic E-state index is -1.03. The lowest BCUT2D eigenvalue weighted by Crippen LogP contribution is -2.40. The quantitative estimate of drug-likeness (QED) is 0.722. The normalized spacial score (nSPS) is 17.3. The number of benzene rings is 1. The van der Waals surface area contributed by atoms with Crippen LogP contribution in [-0.2, 0) is 19.2 Å². The van der Waals surface area contributed by atoms with Gasteiger partial charge < -0.3 is 4.84 Å². The average molecular weight is 302 g/mol. The van der Waals surface area contributed by atoms with Gasteiger partial charge in [0.25, 0.3) is 11.8 Å². The Morgan fingerprint density at radius 1 is 0.955 bits per heavy atom. The topological polar surface area (TPSA) is 101 Å². The van der Waals surface area contributed by atoms with E-state index in [1.807, 2.05) is 0 Å². The average Bonchev–Trinajstić information content (AvgIpc) is 2.94. The molecule has 0 aliphatic carbocycles. The molecule has 112 valence electrons. The third kappa shape index (κ3) is 2.14. The maximum Gasteiger partial charge on any atom is 0.352 e. The zero-order valence-corrected chi connectivity index (χ0v) is 11.3. The van der Waals surface area contributed by atoms with Crippen LogP contribution in [0.5, 0.6) is 0 Å². The molecule has 0 N–H and O–H groups in total. The molecule has 0 radical (unpaired) electrons. The van der Waals surface area contributed by atoms with Crippen molar-refractivity contribution < 1.29 is 28.8 Å². The van der Waals surface area contributed by atoms with Crippen molar-refractivity contribution in [2.24, 2.45) is 0 Å². The van der Waals surface area contributed by atoms with Crippen LogP contribution in [0, 0.1) is 0 Å². The fourth-order valence-corrected chi connectivity index (χ4v) is 2.31. The van der Waals surface area contributed by atoms with Crippen LogP contribution in [0.25, 0.3) is 0 Å². The molecule has 4 amide bonds. The Bertz CT molecular complexity index is 675. The molecule has 1 saturated heterocycles. The molecule has 1 aromatic rings. The summed E-state index contributed by atoms with van der Waals surface area (Å²) in [5.41, 5.74) is 0.266. The van der Waals surface area contributed by atoms with E-state index in [1.165, 1.54) is 12.1 Å². The van der Waals surface area contributed by atoms with E-state index in [-0.39, 0.29) is 24.0 Å². The van der Waals surface area contributed by atoms with Crippen LogP contribution < -0.4 is 0 Å². The van der Waals surface area contributed by atoms with Gasteiger partial charge in [0.2, 0.25) is 11.8 Å². The minimum Gasteiger partial charge on any atom is -0.328 e. The Morgan fingerprint density at radius 2 is 1.45 bits per heavy atom. The maximum atomic E-state index is 12.0. The van der Waals surface area contributed by atoms with Crippen molar-refractivity contribution in [3.05, 3.63) is 35.4 Å². The number of nitrogens with zero attached hydrogens (tertiary/aromatic N) is 2. The molecule has 0 aromatic heterocycles. The van der Waals surface area contributed by atoms with Crippen LogP contribution in [0.15, 0.2) is 24.3 Å². The lowest BCUT2D eigenvalue weighted by atomic mass is 10.1. The van der Waals surface area contributed by atoms with Crippen molar-refractivity contribution in [1.82, 2.24) is 9.96 Å². The largest absolute Gasteiger partial charge is 0.352 e. The first kappa shape index (κ1) is 13.9. The maximum absolute atomic E-state index is 12.0. The summed E-state index contributed by atoms with van der Waals surface area (Å²) in [5.74, 6) is -3.51. The van der Waals surface area contributed by atoms with Gasteiger partial charge in [-0.1, -0.05) is 17.2 Å². The van der Waals surface area contributed by atoms with Gasteiger partial charge in [-0.05, 0) is 12.1 Å². The number of amides is 4. The SMILES string of the molecule is O=C(CN1C(=O)CCC1=O)ON1C(=O)c2ccccc2C1=O. The Balaban J connectivity index is 1.71. The molecule has 3 rings (SSSR count). The third-order valence-corrected chi connectivity index (χ3v) is 3.39. The van der Waals surface area contributed by atoms with Crippen LogP contribution >= 0.6 is 0 Å². The molecule has 0 spiro atoms. The Kier molecular flexibility index (Phi) is 3.21. The van der Waals surface area contributed by atoms with Gasteiger partial charge in [0, 0.05) is 12.8 Å². The highest BCUT2D eigenvalue weighted by Crippen LogP contribution is 2.22. The molecule has 0 saturated carbocycles. The highest BCUT2D eigenvalue weighted by molar-refractivity contribution is 6.21. The number of fused-ring (bicyclic) bond motifs is 1. The highest BCUT2D eigenvalue weighted by atomic mass is 16.7. The highest BCUT2D eigenvalue weighted by Gasteiger charge is 2.39. The van der Waals surface area contributed by atoms with Gasteiger partial charge in [-0.2, -0.15) is 0 Å². The summed E-state index contributed by atoms with van der Waals surface area (Å²) in [7, 11) is 0. The van der Waals surface area contributed by atoms with E-state index in [4.69, 9.17) is 4.84 Å². The van der Waals surface area contributed by atoms with Crippen molar-refractivity contribution in [1.29, 1.82) is 0 Å². The molecule has 0 bridgehead atoms. The Hall–Kier alpha value is -3.03. The van der Waals surface area contributed by atoms with Crippen molar-refractivity contribution in [3.63, 3.8) is 0 Å². The van der Waals surface area contributed by atoms with Crippen molar-refractivity contribution in [2.45, 2.75) is 12.8 Å². The molecule has 1 fully saturated rings. The molecule has 2 aliphatic rings. The molecule has 22 heavy (non-hydrogen) atoms. The Labute approximate surface area is 124 Å². The standard InChI is InChI=1S/C14H10N2O6/c17-10-5-6-11(18)15(10)7-12(19)22-16-13(20)8-3-1-2-4-9(8)14(16)21/h1-4H,5-7H2. The molecule has 8 nitrogen and oxygen atoms in total. The number of likely N-dealkylation sites (tertiary alicyclic amines) is 1. The van der Waals surface area contributed by atoms with Gasteiger partial charge in [-0.3, -0.25) is 24.1 Å². The molecule has 1 aromatic carbocycles. The second-order valence-corrected chi connectivity index (χ2v) is 4.79. The van der Waals surface area contributed by atoms with E-state index in [0.29, 0.717) is 5.06 Å². The lowest BCUT2D eigenvalue weighted by Gasteiger charge is -2.16. The summed E-state index contributed by atoms with van der Waals surface area (Å²) in [4.78, 5) is 64.1. The smallest absolute Gasteiger partial charge is 0.328 e. The predicted molar refractivity (Wildman–Crippen MR) is 69.0 cm³/mol. The summed E-state index contributed by atoms with van der Waals surface area (Å²) in [6.07, 6.45) is 0.0816. The second-order valence-electron chi connectivity index (χ2n) is 4.79. The van der Waals surface area contributed by atoms with Gasteiger partial charge in [-0.15, -0.1) is 0 Å². The third-order valence-electron chi connectivity index (χ3n) is 3.39. The summed E-state index contributed by atoms with van der Waals surface area (Å²) in [6, 6.07) is 6.04. The first-order valence-corrected chi connectivity index (χ1v) is 6.51. The minimum absolute atomic E-state index is 0.0408. The van der Waals surface area contributed by atoms with E-state index >= 15 is 0 Å². The van der Waals surface area contributed by atoms with E-state index < -0.39 is 36.1 Å². The number of carbonyl (C=O) groups excluding carboxylic acids is 5. The number of carbonyl (C=O) groups is 5. The van der Waals surface area contributed by atoms with Crippen LogP contribution in [0.1, 0.15) is 33.6 Å². The van der Waals surface area contributed by atoms with E-state index in [9.17, 15) is 24.0 Å². The molecular weight excluding hydrogens is 292 g/mol. The van der Waals surface area contributed by atoms with Crippen LogP contribution in [-0.4, -0.2) is 46.1 Å². The fraction of sp³-hybridized carbons (Fsp3) is 0.214. The van der Waals surface area contributed by atoms with Gasteiger partial charge in [0.15, 0.2) is 0 Å². The molecule has 2 aliphatic heterocycles.